The van der Waals surface area contributed by atoms with E-state index in [4.69, 9.17) is 4.74 Å². The number of ether oxygens (including phenoxy) is 1. The Morgan fingerprint density at radius 1 is 1.33 bits per heavy atom. The van der Waals surface area contributed by atoms with Gasteiger partial charge in [-0.15, -0.1) is 0 Å². The first-order valence-corrected chi connectivity index (χ1v) is 7.32. The number of rotatable bonds is 6. The molecule has 3 rings (SSSR count). The average Bonchev–Trinajstić information content (AvgIpc) is 3.15. The van der Waals surface area contributed by atoms with Crippen molar-refractivity contribution in [2.24, 2.45) is 0 Å². The van der Waals surface area contributed by atoms with E-state index < -0.39 is 0 Å². The van der Waals surface area contributed by atoms with Crippen molar-refractivity contribution < 1.29 is 9.53 Å². The number of nitrogens with one attached hydrogen (secondary N) is 1. The normalized spacial score (nSPS) is 15.5. The highest BCUT2D eigenvalue weighted by atomic mass is 16.5. The van der Waals surface area contributed by atoms with E-state index in [2.05, 4.69) is 9.88 Å². The minimum absolute atomic E-state index is 0.00569. The maximum absolute atomic E-state index is 12.2. The van der Waals surface area contributed by atoms with Gasteiger partial charge in [0.15, 0.2) is 0 Å². The van der Waals surface area contributed by atoms with E-state index >= 15 is 0 Å². The molecule has 1 N–H and O–H groups in total. The third-order valence-electron chi connectivity index (χ3n) is 3.79. The van der Waals surface area contributed by atoms with Crippen LogP contribution in [0.4, 0.5) is 0 Å². The molecule has 4 heteroatoms. The van der Waals surface area contributed by atoms with Gasteiger partial charge in [-0.3, -0.25) is 4.79 Å². The molecule has 0 saturated heterocycles. The first-order valence-electron chi connectivity index (χ1n) is 7.32. The fourth-order valence-electron chi connectivity index (χ4n) is 2.49. The van der Waals surface area contributed by atoms with E-state index in [-0.39, 0.29) is 11.9 Å². The molecule has 1 aliphatic carbocycles. The van der Waals surface area contributed by atoms with Gasteiger partial charge in [0.25, 0.3) is 0 Å². The molecule has 1 fully saturated rings. The van der Waals surface area contributed by atoms with Gasteiger partial charge in [0.2, 0.25) is 5.91 Å². The molecular formula is C17H20N2O2. The van der Waals surface area contributed by atoms with E-state index in [1.165, 1.54) is 0 Å². The van der Waals surface area contributed by atoms with Crippen molar-refractivity contribution in [2.45, 2.75) is 31.3 Å². The van der Waals surface area contributed by atoms with E-state index in [0.29, 0.717) is 12.5 Å². The van der Waals surface area contributed by atoms with Crippen molar-refractivity contribution in [1.82, 2.24) is 9.88 Å². The molecule has 1 atom stereocenters. The molecule has 0 unspecified atom stereocenters. The molecule has 1 saturated carbocycles. The third kappa shape index (κ3) is 3.45. The summed E-state index contributed by atoms with van der Waals surface area (Å²) in [6.07, 6.45) is 6.65. The maximum atomic E-state index is 12.2. The summed E-state index contributed by atoms with van der Waals surface area (Å²) >= 11 is 0. The number of benzene rings is 1. The van der Waals surface area contributed by atoms with E-state index in [9.17, 15) is 4.79 Å². The van der Waals surface area contributed by atoms with Crippen LogP contribution in [0.1, 0.15) is 30.9 Å². The average molecular weight is 284 g/mol. The summed E-state index contributed by atoms with van der Waals surface area (Å²) in [6.45, 7) is 0. The standard InChI is InChI=1S/C17H20N2O2/c1-21-15-6-4-5-13(11-15)16(19-9-2-3-10-19)12-17(20)18-14-7-8-14/h2-6,9-11,14,16H,7-8,12H2,1H3,(H,18,20)/t16-/m1/s1. The summed E-state index contributed by atoms with van der Waals surface area (Å²) in [7, 11) is 1.66. The summed E-state index contributed by atoms with van der Waals surface area (Å²) < 4.78 is 7.36. The number of aromatic nitrogens is 1. The minimum atomic E-state index is -0.00569. The maximum Gasteiger partial charge on any atom is 0.222 e. The Bertz CT molecular complexity index is 603. The summed E-state index contributed by atoms with van der Waals surface area (Å²) in [5.41, 5.74) is 1.08. The van der Waals surface area contributed by atoms with E-state index in [1.807, 2.05) is 48.8 Å². The molecule has 0 spiro atoms. The second kappa shape index (κ2) is 6.04. The van der Waals surface area contributed by atoms with Crippen LogP contribution in [0, 0.1) is 0 Å². The zero-order chi connectivity index (χ0) is 14.7. The number of hydrogen-bond acceptors (Lipinski definition) is 2. The van der Waals surface area contributed by atoms with Gasteiger partial charge in [0, 0.05) is 18.4 Å². The highest BCUT2D eigenvalue weighted by Crippen LogP contribution is 2.26. The number of nitrogens with zero attached hydrogens (tertiary/aromatic N) is 1. The van der Waals surface area contributed by atoms with Gasteiger partial charge in [0.05, 0.1) is 19.6 Å². The molecule has 1 heterocycles. The van der Waals surface area contributed by atoms with Crippen LogP contribution in [0.2, 0.25) is 0 Å². The van der Waals surface area contributed by atoms with Crippen molar-refractivity contribution in [3.8, 4) is 5.75 Å². The monoisotopic (exact) mass is 284 g/mol. The van der Waals surface area contributed by atoms with E-state index in [1.54, 1.807) is 7.11 Å². The van der Waals surface area contributed by atoms with E-state index in [0.717, 1.165) is 24.2 Å². The topological polar surface area (TPSA) is 43.3 Å². The smallest absolute Gasteiger partial charge is 0.222 e. The molecule has 21 heavy (non-hydrogen) atoms. The van der Waals surface area contributed by atoms with Gasteiger partial charge in [-0.2, -0.15) is 0 Å². The quantitative estimate of drug-likeness (QED) is 0.886. The number of hydrogen-bond donors (Lipinski definition) is 1. The summed E-state index contributed by atoms with van der Waals surface area (Å²) in [6, 6.07) is 12.3. The van der Waals surface area contributed by atoms with Crippen LogP contribution < -0.4 is 10.1 Å². The highest BCUT2D eigenvalue weighted by molar-refractivity contribution is 5.77. The molecule has 1 aliphatic rings. The molecule has 2 aromatic rings. The second-order valence-electron chi connectivity index (χ2n) is 5.47. The molecule has 1 aromatic heterocycles. The minimum Gasteiger partial charge on any atom is -0.497 e. The van der Waals surface area contributed by atoms with Crippen LogP contribution in [0.5, 0.6) is 5.75 Å². The molecule has 0 radical (unpaired) electrons. The van der Waals surface area contributed by atoms with Crippen LogP contribution in [-0.4, -0.2) is 23.6 Å². The fourth-order valence-corrected chi connectivity index (χ4v) is 2.49. The Kier molecular flexibility index (Phi) is 3.95. The largest absolute Gasteiger partial charge is 0.497 e. The molecule has 1 aromatic carbocycles. The predicted molar refractivity (Wildman–Crippen MR) is 81.3 cm³/mol. The number of carbonyl (C=O) groups excluding carboxylic acids is 1. The third-order valence-corrected chi connectivity index (χ3v) is 3.79. The zero-order valence-electron chi connectivity index (χ0n) is 12.2. The lowest BCUT2D eigenvalue weighted by atomic mass is 10.0. The Morgan fingerprint density at radius 3 is 2.76 bits per heavy atom. The molecule has 110 valence electrons. The summed E-state index contributed by atoms with van der Waals surface area (Å²) in [4.78, 5) is 12.2. The Morgan fingerprint density at radius 2 is 2.10 bits per heavy atom. The van der Waals surface area contributed by atoms with Crippen LogP contribution in [0.25, 0.3) is 0 Å². The second-order valence-corrected chi connectivity index (χ2v) is 5.47. The number of amides is 1. The lowest BCUT2D eigenvalue weighted by molar-refractivity contribution is -0.121. The molecule has 4 nitrogen and oxygen atoms in total. The Hall–Kier alpha value is -2.23. The van der Waals surface area contributed by atoms with Gasteiger partial charge in [-0.1, -0.05) is 12.1 Å². The molecular weight excluding hydrogens is 264 g/mol. The SMILES string of the molecule is COc1cccc([C@@H](CC(=O)NC2CC2)n2cccc2)c1. The molecule has 0 aliphatic heterocycles. The van der Waals surface area contributed by atoms with Gasteiger partial charge >= 0.3 is 0 Å². The predicted octanol–water partition coefficient (Wildman–Crippen LogP) is 2.75. The van der Waals surface area contributed by atoms with Crippen molar-refractivity contribution in [1.29, 1.82) is 0 Å². The van der Waals surface area contributed by atoms with Gasteiger partial charge in [-0.25, -0.2) is 0 Å². The number of carbonyl (C=O) groups is 1. The fraction of sp³-hybridized carbons (Fsp3) is 0.353. The Labute approximate surface area is 124 Å². The van der Waals surface area contributed by atoms with Crippen LogP contribution in [0.3, 0.4) is 0 Å². The van der Waals surface area contributed by atoms with Crippen molar-refractivity contribution in [2.75, 3.05) is 7.11 Å². The van der Waals surface area contributed by atoms with Crippen molar-refractivity contribution in [3.05, 3.63) is 54.4 Å². The summed E-state index contributed by atoms with van der Waals surface area (Å²) in [5.74, 6) is 0.922. The van der Waals surface area contributed by atoms with Gasteiger partial charge in [-0.05, 0) is 42.7 Å². The van der Waals surface area contributed by atoms with Gasteiger partial charge < -0.3 is 14.6 Å². The lowest BCUT2D eigenvalue weighted by Crippen LogP contribution is -2.28. The van der Waals surface area contributed by atoms with Gasteiger partial charge in [0.1, 0.15) is 5.75 Å². The van der Waals surface area contributed by atoms with Crippen LogP contribution >= 0.6 is 0 Å². The lowest BCUT2D eigenvalue weighted by Gasteiger charge is -2.20. The summed E-state index contributed by atoms with van der Waals surface area (Å²) in [5, 5.41) is 3.06. The molecule has 1 amide bonds. The zero-order valence-corrected chi connectivity index (χ0v) is 12.2. The van der Waals surface area contributed by atoms with Crippen molar-refractivity contribution >= 4 is 5.91 Å². The van der Waals surface area contributed by atoms with Crippen LogP contribution in [0.15, 0.2) is 48.8 Å². The Balaban J connectivity index is 1.82. The highest BCUT2D eigenvalue weighted by Gasteiger charge is 2.25. The van der Waals surface area contributed by atoms with Crippen LogP contribution in [-0.2, 0) is 4.79 Å². The molecule has 0 bridgehead atoms. The van der Waals surface area contributed by atoms with Crippen molar-refractivity contribution in [3.63, 3.8) is 0 Å². The first kappa shape index (κ1) is 13.7. The number of methoxy groups -OCH3 is 1. The first-order chi connectivity index (χ1) is 10.3.